The summed E-state index contributed by atoms with van der Waals surface area (Å²) in [6, 6.07) is 14.6. The van der Waals surface area contributed by atoms with Crippen LogP contribution in [0.2, 0.25) is 0 Å². The zero-order valence-corrected chi connectivity index (χ0v) is 17.4. The van der Waals surface area contributed by atoms with Gasteiger partial charge in [-0.1, -0.05) is 24.3 Å². The molecule has 2 heterocycles. The van der Waals surface area contributed by atoms with E-state index in [1.807, 2.05) is 13.0 Å². The fourth-order valence-electron chi connectivity index (χ4n) is 3.89. The molecule has 1 saturated heterocycles. The summed E-state index contributed by atoms with van der Waals surface area (Å²) in [6.45, 7) is 4.36. The van der Waals surface area contributed by atoms with Gasteiger partial charge in [0.1, 0.15) is 5.82 Å². The summed E-state index contributed by atoms with van der Waals surface area (Å²) in [5, 5.41) is 4.24. The van der Waals surface area contributed by atoms with Crippen molar-refractivity contribution in [2.75, 3.05) is 19.6 Å². The molecular weight excluding hydrogens is 385 g/mol. The second-order valence-corrected chi connectivity index (χ2v) is 8.74. The van der Waals surface area contributed by atoms with Crippen molar-refractivity contribution in [3.63, 3.8) is 0 Å². The van der Waals surface area contributed by atoms with E-state index >= 15 is 0 Å². The number of para-hydroxylation sites is 1. The smallest absolute Gasteiger partial charge is 0.237 e. The Hall–Kier alpha value is -2.31. The second-order valence-electron chi connectivity index (χ2n) is 7.67. The van der Waals surface area contributed by atoms with Crippen LogP contribution in [0.4, 0.5) is 4.39 Å². The molecule has 29 heavy (non-hydrogen) atoms. The monoisotopic (exact) mass is 411 g/mol. The lowest BCUT2D eigenvalue weighted by Gasteiger charge is -2.34. The molecule has 2 aromatic carbocycles. The number of benzene rings is 2. The van der Waals surface area contributed by atoms with Gasteiger partial charge in [-0.05, 0) is 69.1 Å². The standard InChI is InChI=1S/C23H26FN3OS/c1-16(22(28)25-13-10-17-6-8-19(24)9-7-17)27-14-11-18(12-15-27)23-26-20-4-2-3-5-21(20)29-23/h2-9,16,18H,10-15H2,1H3,(H,25,28)/t16-/m0/s1. The molecule has 3 aromatic rings. The summed E-state index contributed by atoms with van der Waals surface area (Å²) >= 11 is 1.80. The molecule has 152 valence electrons. The number of carbonyl (C=O) groups excluding carboxylic acids is 1. The molecule has 6 heteroatoms. The molecule has 0 unspecified atom stereocenters. The Bertz CT molecular complexity index is 931. The van der Waals surface area contributed by atoms with Gasteiger partial charge in [-0.2, -0.15) is 0 Å². The van der Waals surface area contributed by atoms with Crippen molar-refractivity contribution in [1.82, 2.24) is 15.2 Å². The first-order valence-electron chi connectivity index (χ1n) is 10.2. The maximum atomic E-state index is 13.0. The SMILES string of the molecule is C[C@@H](C(=O)NCCc1ccc(F)cc1)N1CCC(c2nc3ccccc3s2)CC1. The van der Waals surface area contributed by atoms with Crippen molar-refractivity contribution < 1.29 is 9.18 Å². The van der Waals surface area contributed by atoms with Gasteiger partial charge in [0, 0.05) is 12.5 Å². The highest BCUT2D eigenvalue weighted by Gasteiger charge is 2.28. The molecule has 1 fully saturated rings. The number of nitrogens with one attached hydrogen (secondary N) is 1. The second kappa shape index (κ2) is 9.01. The molecule has 1 aliphatic heterocycles. The van der Waals surface area contributed by atoms with Gasteiger partial charge >= 0.3 is 0 Å². The molecule has 1 aromatic heterocycles. The van der Waals surface area contributed by atoms with Crippen LogP contribution in [0.25, 0.3) is 10.2 Å². The van der Waals surface area contributed by atoms with Crippen LogP contribution in [0, 0.1) is 5.82 Å². The third-order valence-electron chi connectivity index (χ3n) is 5.74. The molecule has 1 atom stereocenters. The number of rotatable bonds is 6. The lowest BCUT2D eigenvalue weighted by Crippen LogP contribution is -2.48. The molecule has 0 radical (unpaired) electrons. The van der Waals surface area contributed by atoms with Gasteiger partial charge in [0.05, 0.1) is 21.3 Å². The molecule has 4 nitrogen and oxygen atoms in total. The number of hydrogen-bond acceptors (Lipinski definition) is 4. The Kier molecular flexibility index (Phi) is 6.21. The van der Waals surface area contributed by atoms with E-state index in [1.165, 1.54) is 21.8 Å². The Balaban J connectivity index is 1.25. The minimum absolute atomic E-state index is 0.0607. The fraction of sp³-hybridized carbons (Fsp3) is 0.391. The van der Waals surface area contributed by atoms with Crippen LogP contribution in [0.5, 0.6) is 0 Å². The van der Waals surface area contributed by atoms with Gasteiger partial charge in [-0.15, -0.1) is 11.3 Å². The van der Waals surface area contributed by atoms with E-state index < -0.39 is 0 Å². The number of nitrogens with zero attached hydrogens (tertiary/aromatic N) is 2. The predicted molar refractivity (Wildman–Crippen MR) is 116 cm³/mol. The van der Waals surface area contributed by atoms with Crippen LogP contribution in [-0.2, 0) is 11.2 Å². The quantitative estimate of drug-likeness (QED) is 0.655. The molecular formula is C23H26FN3OS. The van der Waals surface area contributed by atoms with Crippen LogP contribution in [-0.4, -0.2) is 41.5 Å². The van der Waals surface area contributed by atoms with Crippen LogP contribution in [0.3, 0.4) is 0 Å². The Labute approximate surface area is 174 Å². The molecule has 0 spiro atoms. The van der Waals surface area contributed by atoms with Crippen LogP contribution in [0.15, 0.2) is 48.5 Å². The number of likely N-dealkylation sites (tertiary alicyclic amines) is 1. The maximum Gasteiger partial charge on any atom is 0.237 e. The van der Waals surface area contributed by atoms with E-state index in [1.54, 1.807) is 23.5 Å². The third kappa shape index (κ3) is 4.82. The number of halogens is 1. The summed E-state index contributed by atoms with van der Waals surface area (Å²) in [5.41, 5.74) is 2.11. The highest BCUT2D eigenvalue weighted by Crippen LogP contribution is 2.34. The topological polar surface area (TPSA) is 45.2 Å². The number of aromatic nitrogens is 1. The van der Waals surface area contributed by atoms with E-state index in [4.69, 9.17) is 4.98 Å². The van der Waals surface area contributed by atoms with Crippen molar-refractivity contribution in [3.8, 4) is 0 Å². The van der Waals surface area contributed by atoms with Gasteiger partial charge in [0.15, 0.2) is 0 Å². The first kappa shape index (κ1) is 20.0. The molecule has 0 bridgehead atoms. The number of hydrogen-bond donors (Lipinski definition) is 1. The Morgan fingerprint density at radius 1 is 1.21 bits per heavy atom. The lowest BCUT2D eigenvalue weighted by molar-refractivity contribution is -0.126. The van der Waals surface area contributed by atoms with Gasteiger partial charge in [-0.3, -0.25) is 9.69 Å². The van der Waals surface area contributed by atoms with E-state index in [0.717, 1.165) is 37.0 Å². The number of carbonyl (C=O) groups is 1. The number of amides is 1. The van der Waals surface area contributed by atoms with Crippen molar-refractivity contribution in [2.24, 2.45) is 0 Å². The molecule has 0 saturated carbocycles. The van der Waals surface area contributed by atoms with Gasteiger partial charge in [0.25, 0.3) is 0 Å². The molecule has 1 N–H and O–H groups in total. The third-order valence-corrected chi connectivity index (χ3v) is 6.94. The first-order chi connectivity index (χ1) is 14.1. The summed E-state index contributed by atoms with van der Waals surface area (Å²) in [5.74, 6) is 0.309. The van der Waals surface area contributed by atoms with Crippen LogP contribution < -0.4 is 5.32 Å². The molecule has 0 aliphatic carbocycles. The summed E-state index contributed by atoms with van der Waals surface area (Å²) in [7, 11) is 0. The van der Waals surface area contributed by atoms with Gasteiger partial charge in [-0.25, -0.2) is 9.37 Å². The summed E-state index contributed by atoms with van der Waals surface area (Å²) in [6.07, 6.45) is 2.78. The zero-order chi connectivity index (χ0) is 20.2. The van der Waals surface area contributed by atoms with E-state index in [-0.39, 0.29) is 17.8 Å². The summed E-state index contributed by atoms with van der Waals surface area (Å²) in [4.78, 5) is 19.6. The lowest BCUT2D eigenvalue weighted by atomic mass is 9.96. The number of fused-ring (bicyclic) bond motifs is 1. The first-order valence-corrected chi connectivity index (χ1v) is 11.0. The molecule has 4 rings (SSSR count). The van der Waals surface area contributed by atoms with E-state index in [0.29, 0.717) is 18.9 Å². The van der Waals surface area contributed by atoms with Crippen molar-refractivity contribution >= 4 is 27.5 Å². The largest absolute Gasteiger partial charge is 0.354 e. The Morgan fingerprint density at radius 3 is 2.66 bits per heavy atom. The average molecular weight is 412 g/mol. The van der Waals surface area contributed by atoms with E-state index in [2.05, 4.69) is 28.4 Å². The average Bonchev–Trinajstić information content (AvgIpc) is 3.19. The molecule has 1 aliphatic rings. The van der Waals surface area contributed by atoms with Crippen molar-refractivity contribution in [1.29, 1.82) is 0 Å². The fourth-order valence-corrected chi connectivity index (χ4v) is 5.03. The Morgan fingerprint density at radius 2 is 1.93 bits per heavy atom. The highest BCUT2D eigenvalue weighted by atomic mass is 32.1. The van der Waals surface area contributed by atoms with Gasteiger partial charge in [0.2, 0.25) is 5.91 Å². The normalized spacial score (nSPS) is 16.8. The van der Waals surface area contributed by atoms with Crippen molar-refractivity contribution in [2.45, 2.75) is 38.1 Å². The van der Waals surface area contributed by atoms with E-state index in [9.17, 15) is 9.18 Å². The maximum absolute atomic E-state index is 13.0. The minimum atomic E-state index is -0.236. The zero-order valence-electron chi connectivity index (χ0n) is 16.6. The van der Waals surface area contributed by atoms with Crippen LogP contribution >= 0.6 is 11.3 Å². The number of thiazole rings is 1. The predicted octanol–water partition coefficient (Wildman–Crippen LogP) is 4.36. The minimum Gasteiger partial charge on any atom is -0.354 e. The highest BCUT2D eigenvalue weighted by molar-refractivity contribution is 7.18. The molecule has 1 amide bonds. The van der Waals surface area contributed by atoms with Crippen LogP contribution in [0.1, 0.15) is 36.3 Å². The summed E-state index contributed by atoms with van der Waals surface area (Å²) < 4.78 is 14.2. The van der Waals surface area contributed by atoms with Crippen molar-refractivity contribution in [3.05, 3.63) is 64.9 Å². The number of piperidine rings is 1. The van der Waals surface area contributed by atoms with Gasteiger partial charge < -0.3 is 5.32 Å².